The highest BCUT2D eigenvalue weighted by Gasteiger charge is 2.19. The summed E-state index contributed by atoms with van der Waals surface area (Å²) >= 11 is 0. The zero-order chi connectivity index (χ0) is 24.4. The molecule has 2 heterocycles. The Morgan fingerprint density at radius 1 is 0.857 bits per heavy atom. The maximum absolute atomic E-state index is 12.6. The van der Waals surface area contributed by atoms with E-state index in [1.165, 1.54) is 5.56 Å². The predicted octanol–water partition coefficient (Wildman–Crippen LogP) is 5.87. The summed E-state index contributed by atoms with van der Waals surface area (Å²) in [6, 6.07) is 14.2. The molecule has 0 amide bonds. The van der Waals surface area contributed by atoms with E-state index in [0.717, 1.165) is 53.9 Å². The van der Waals surface area contributed by atoms with Gasteiger partial charge in [-0.25, -0.2) is 0 Å². The van der Waals surface area contributed by atoms with Crippen LogP contribution in [0, 0.1) is 29.6 Å². The van der Waals surface area contributed by atoms with E-state index in [-0.39, 0.29) is 11.6 Å². The number of benzene rings is 2. The molecule has 0 N–H and O–H groups in total. The van der Waals surface area contributed by atoms with Crippen LogP contribution in [0.25, 0.3) is 21.8 Å². The van der Waals surface area contributed by atoms with E-state index in [1.54, 1.807) is 0 Å². The van der Waals surface area contributed by atoms with Gasteiger partial charge in [0.2, 0.25) is 11.6 Å². The Labute approximate surface area is 205 Å². The molecule has 1 fully saturated rings. The third-order valence-electron chi connectivity index (χ3n) is 6.63. The second-order valence-electron chi connectivity index (χ2n) is 9.39. The number of ketones is 2. The lowest BCUT2D eigenvalue weighted by atomic mass is 10.0. The lowest BCUT2D eigenvalue weighted by Gasteiger charge is -2.03. The Kier molecular flexibility index (Phi) is 6.30. The molecule has 1 aliphatic carbocycles. The maximum Gasteiger partial charge on any atom is 0.238 e. The van der Waals surface area contributed by atoms with Crippen molar-refractivity contribution in [2.75, 3.05) is 0 Å². The number of carbonyl (C=O) groups is 2. The minimum atomic E-state index is -0.122. The number of nitrogens with zero attached hydrogens (tertiary/aromatic N) is 2. The van der Waals surface area contributed by atoms with Crippen LogP contribution in [0.3, 0.4) is 0 Å². The Hall–Kier alpha value is -4.02. The van der Waals surface area contributed by atoms with Crippen LogP contribution in [-0.2, 0) is 20.5 Å². The third-order valence-corrected chi connectivity index (χ3v) is 6.63. The predicted molar refractivity (Wildman–Crippen MR) is 140 cm³/mol. The van der Waals surface area contributed by atoms with Gasteiger partial charge in [0.25, 0.3) is 0 Å². The molecule has 0 saturated heterocycles. The molecule has 0 bridgehead atoms. The summed E-state index contributed by atoms with van der Waals surface area (Å²) in [5.74, 6) is 12.0. The van der Waals surface area contributed by atoms with Gasteiger partial charge in [0, 0.05) is 60.6 Å². The van der Waals surface area contributed by atoms with Crippen molar-refractivity contribution >= 4 is 33.4 Å². The summed E-state index contributed by atoms with van der Waals surface area (Å²) in [5.41, 5.74) is 4.69. The van der Waals surface area contributed by atoms with E-state index in [0.29, 0.717) is 23.5 Å². The Morgan fingerprint density at radius 3 is 2.31 bits per heavy atom. The summed E-state index contributed by atoms with van der Waals surface area (Å²) in [4.78, 5) is 25.1. The lowest BCUT2D eigenvalue weighted by Crippen LogP contribution is -1.94. The largest absolute Gasteiger partial charge is 0.350 e. The highest BCUT2D eigenvalue weighted by molar-refractivity contribution is 6.17. The molecule has 0 atom stereocenters. The van der Waals surface area contributed by atoms with Gasteiger partial charge in [-0.1, -0.05) is 42.2 Å². The van der Waals surface area contributed by atoms with Crippen LogP contribution in [0.4, 0.5) is 0 Å². The van der Waals surface area contributed by atoms with E-state index < -0.39 is 0 Å². The summed E-state index contributed by atoms with van der Waals surface area (Å²) in [6.45, 7) is 0. The van der Waals surface area contributed by atoms with Gasteiger partial charge in [-0.3, -0.25) is 9.59 Å². The van der Waals surface area contributed by atoms with Gasteiger partial charge < -0.3 is 9.13 Å². The number of unbranched alkanes of at least 4 members (excludes halogenated alkanes) is 2. The highest BCUT2D eigenvalue weighted by Crippen LogP contribution is 2.28. The number of hydrogen-bond donors (Lipinski definition) is 0. The van der Waals surface area contributed by atoms with Crippen molar-refractivity contribution in [3.63, 3.8) is 0 Å². The van der Waals surface area contributed by atoms with Gasteiger partial charge in [0.1, 0.15) is 0 Å². The van der Waals surface area contributed by atoms with Crippen LogP contribution < -0.4 is 0 Å². The van der Waals surface area contributed by atoms with Crippen molar-refractivity contribution in [3.05, 3.63) is 71.5 Å². The third kappa shape index (κ3) is 4.93. The molecule has 0 radical (unpaired) electrons. The first-order valence-corrected chi connectivity index (χ1v) is 12.2. The molecule has 0 spiro atoms. The Morgan fingerprint density at radius 2 is 1.54 bits per heavy atom. The second kappa shape index (κ2) is 9.69. The molecular formula is C31H28N2O2. The van der Waals surface area contributed by atoms with Gasteiger partial charge >= 0.3 is 0 Å². The van der Waals surface area contributed by atoms with Gasteiger partial charge in [-0.05, 0) is 61.6 Å². The smallest absolute Gasteiger partial charge is 0.238 e. The van der Waals surface area contributed by atoms with Crippen LogP contribution in [-0.4, -0.2) is 20.7 Å². The quantitative estimate of drug-likeness (QED) is 0.156. The normalized spacial score (nSPS) is 12.7. The fourth-order valence-electron chi connectivity index (χ4n) is 4.50. The fourth-order valence-corrected chi connectivity index (χ4v) is 4.50. The van der Waals surface area contributed by atoms with Gasteiger partial charge in [-0.15, -0.1) is 0 Å². The Balaban J connectivity index is 1.17. The molecule has 1 saturated carbocycles. The van der Waals surface area contributed by atoms with Crippen molar-refractivity contribution in [3.8, 4) is 23.7 Å². The topological polar surface area (TPSA) is 44.0 Å². The van der Waals surface area contributed by atoms with Crippen LogP contribution in [0.5, 0.6) is 0 Å². The number of aromatic nitrogens is 2. The molecule has 2 aromatic carbocycles. The van der Waals surface area contributed by atoms with Crippen molar-refractivity contribution in [2.45, 2.75) is 38.5 Å². The number of fused-ring (bicyclic) bond motifs is 2. The summed E-state index contributed by atoms with van der Waals surface area (Å²) in [7, 11) is 3.92. The maximum atomic E-state index is 12.6. The molecule has 4 nitrogen and oxygen atoms in total. The molecule has 0 unspecified atom stereocenters. The molecule has 1 aliphatic rings. The van der Waals surface area contributed by atoms with E-state index in [4.69, 9.17) is 0 Å². The Bertz CT molecular complexity index is 1570. The SMILES string of the molecule is Cn1cc(C(=O)C#CCCCCc2ccc3c(C(=O)C#CC4CC4)cn(C)c3c2)c2ccccc21. The van der Waals surface area contributed by atoms with E-state index in [2.05, 4.69) is 35.8 Å². The second-order valence-corrected chi connectivity index (χ2v) is 9.39. The first-order chi connectivity index (χ1) is 17.0. The molecule has 0 aliphatic heterocycles. The highest BCUT2D eigenvalue weighted by atomic mass is 16.1. The zero-order valence-corrected chi connectivity index (χ0v) is 20.2. The number of carbonyl (C=O) groups excluding carboxylic acids is 2. The van der Waals surface area contributed by atoms with E-state index in [9.17, 15) is 9.59 Å². The average Bonchev–Trinajstić information content (AvgIpc) is 3.56. The van der Waals surface area contributed by atoms with Crippen LogP contribution in [0.1, 0.15) is 58.4 Å². The summed E-state index contributed by atoms with van der Waals surface area (Å²) in [5, 5.41) is 1.91. The minimum Gasteiger partial charge on any atom is -0.350 e. The monoisotopic (exact) mass is 460 g/mol. The first kappa shape index (κ1) is 22.8. The molecule has 4 heteroatoms. The molecule has 4 aromatic rings. The lowest BCUT2D eigenvalue weighted by molar-refractivity contribution is 0.104. The number of hydrogen-bond acceptors (Lipinski definition) is 2. The van der Waals surface area contributed by atoms with Crippen molar-refractivity contribution in [1.82, 2.24) is 9.13 Å². The molecule has 174 valence electrons. The number of rotatable bonds is 6. The molecule has 2 aromatic heterocycles. The van der Waals surface area contributed by atoms with Gasteiger partial charge in [0.15, 0.2) is 0 Å². The number of para-hydroxylation sites is 1. The molecule has 5 rings (SSSR count). The number of aryl methyl sites for hydroxylation is 3. The average molecular weight is 461 g/mol. The molecular weight excluding hydrogens is 432 g/mol. The van der Waals surface area contributed by atoms with Crippen molar-refractivity contribution in [1.29, 1.82) is 0 Å². The summed E-state index contributed by atoms with van der Waals surface area (Å²) in [6.07, 6.45) is 9.54. The van der Waals surface area contributed by atoms with E-state index >= 15 is 0 Å². The van der Waals surface area contributed by atoms with Crippen LogP contribution >= 0.6 is 0 Å². The van der Waals surface area contributed by atoms with Gasteiger partial charge in [0.05, 0.1) is 11.1 Å². The number of Topliss-reactive ketones (excluding diaryl/α,β-unsaturated/α-hetero) is 2. The fraction of sp³-hybridized carbons (Fsp3) is 0.290. The summed E-state index contributed by atoms with van der Waals surface area (Å²) < 4.78 is 3.98. The van der Waals surface area contributed by atoms with Crippen molar-refractivity contribution < 1.29 is 9.59 Å². The van der Waals surface area contributed by atoms with Crippen LogP contribution in [0.2, 0.25) is 0 Å². The van der Waals surface area contributed by atoms with Crippen LogP contribution in [0.15, 0.2) is 54.9 Å². The molecule has 35 heavy (non-hydrogen) atoms. The standard InChI is InChI=1S/C31H28N2O2/c1-32-20-26(24-10-7-8-11-28(24)32)30(34)12-6-4-3-5-9-23-15-17-25-27(21-33(2)29(25)19-23)31(35)18-16-22-13-14-22/h7-8,10-11,15,17,19-22H,3-5,9,13-14H2,1-2H3. The minimum absolute atomic E-state index is 0.0909. The van der Waals surface area contributed by atoms with Gasteiger partial charge in [-0.2, -0.15) is 0 Å². The first-order valence-electron chi connectivity index (χ1n) is 12.2. The van der Waals surface area contributed by atoms with Crippen molar-refractivity contribution in [2.24, 2.45) is 20.0 Å². The zero-order valence-electron chi connectivity index (χ0n) is 20.2. The van der Waals surface area contributed by atoms with E-state index in [1.807, 2.05) is 66.0 Å².